The standard InChI is InChI=1S/C12H15ClO/c1-3-4-9(2)12(14)10-5-7-11(13)8-6-10/h3-9,12,14H,1-2H3/b4-3-/t9-,12-/m0/s1. The van der Waals surface area contributed by atoms with Crippen LogP contribution in [-0.2, 0) is 0 Å². The third kappa shape index (κ3) is 2.86. The quantitative estimate of drug-likeness (QED) is 0.757. The zero-order valence-electron chi connectivity index (χ0n) is 8.44. The first-order valence-electron chi connectivity index (χ1n) is 4.71. The number of rotatable bonds is 3. The van der Waals surface area contributed by atoms with Crippen molar-refractivity contribution in [2.45, 2.75) is 20.0 Å². The Labute approximate surface area is 90.0 Å². The molecule has 0 aromatic heterocycles. The molecule has 2 atom stereocenters. The maximum Gasteiger partial charge on any atom is 0.0849 e. The molecule has 0 saturated carbocycles. The highest BCUT2D eigenvalue weighted by molar-refractivity contribution is 6.30. The van der Waals surface area contributed by atoms with Crippen molar-refractivity contribution in [1.29, 1.82) is 0 Å². The number of allylic oxidation sites excluding steroid dienone is 1. The average molecular weight is 211 g/mol. The fourth-order valence-corrected chi connectivity index (χ4v) is 1.50. The summed E-state index contributed by atoms with van der Waals surface area (Å²) in [6, 6.07) is 7.30. The molecular weight excluding hydrogens is 196 g/mol. The molecule has 0 bridgehead atoms. The highest BCUT2D eigenvalue weighted by Gasteiger charge is 2.12. The van der Waals surface area contributed by atoms with Crippen LogP contribution in [0.15, 0.2) is 36.4 Å². The van der Waals surface area contributed by atoms with Gasteiger partial charge in [0.1, 0.15) is 0 Å². The second-order valence-electron chi connectivity index (χ2n) is 3.38. The molecule has 0 amide bonds. The number of hydrogen-bond acceptors (Lipinski definition) is 1. The molecule has 0 saturated heterocycles. The Bertz CT molecular complexity index is 303. The minimum Gasteiger partial charge on any atom is -0.388 e. The molecule has 0 radical (unpaired) electrons. The Balaban J connectivity index is 2.78. The molecule has 14 heavy (non-hydrogen) atoms. The van der Waals surface area contributed by atoms with Crippen molar-refractivity contribution < 1.29 is 5.11 Å². The van der Waals surface area contributed by atoms with Crippen molar-refractivity contribution in [2.24, 2.45) is 5.92 Å². The van der Waals surface area contributed by atoms with Gasteiger partial charge in [-0.05, 0) is 24.6 Å². The van der Waals surface area contributed by atoms with E-state index in [2.05, 4.69) is 0 Å². The SMILES string of the molecule is C/C=C\[C@H](C)[C@H](O)c1ccc(Cl)cc1. The summed E-state index contributed by atoms with van der Waals surface area (Å²) in [7, 11) is 0. The van der Waals surface area contributed by atoms with Crippen LogP contribution in [0.3, 0.4) is 0 Å². The van der Waals surface area contributed by atoms with E-state index < -0.39 is 6.10 Å². The highest BCUT2D eigenvalue weighted by atomic mass is 35.5. The van der Waals surface area contributed by atoms with Crippen molar-refractivity contribution >= 4 is 11.6 Å². The van der Waals surface area contributed by atoms with Gasteiger partial charge in [-0.3, -0.25) is 0 Å². The van der Waals surface area contributed by atoms with Crippen LogP contribution in [0.4, 0.5) is 0 Å². The zero-order chi connectivity index (χ0) is 10.6. The van der Waals surface area contributed by atoms with Crippen molar-refractivity contribution in [1.82, 2.24) is 0 Å². The average Bonchev–Trinajstić information content (AvgIpc) is 2.18. The van der Waals surface area contributed by atoms with Crippen molar-refractivity contribution in [3.63, 3.8) is 0 Å². The van der Waals surface area contributed by atoms with Crippen LogP contribution in [0.2, 0.25) is 5.02 Å². The lowest BCUT2D eigenvalue weighted by atomic mass is 9.97. The van der Waals surface area contributed by atoms with Crippen molar-refractivity contribution in [3.8, 4) is 0 Å². The molecule has 1 nitrogen and oxygen atoms in total. The third-order valence-electron chi connectivity index (χ3n) is 2.21. The van der Waals surface area contributed by atoms with Crippen molar-refractivity contribution in [3.05, 3.63) is 47.0 Å². The molecule has 76 valence electrons. The van der Waals surface area contributed by atoms with Gasteiger partial charge in [-0.25, -0.2) is 0 Å². The largest absolute Gasteiger partial charge is 0.388 e. The molecule has 0 heterocycles. The van der Waals surface area contributed by atoms with Crippen LogP contribution in [0, 0.1) is 5.92 Å². The Morgan fingerprint density at radius 2 is 1.86 bits per heavy atom. The van der Waals surface area contributed by atoms with E-state index in [1.54, 1.807) is 12.1 Å². The van der Waals surface area contributed by atoms with E-state index in [1.165, 1.54) is 0 Å². The number of aliphatic hydroxyl groups excluding tert-OH is 1. The van der Waals surface area contributed by atoms with Crippen LogP contribution in [0.5, 0.6) is 0 Å². The molecule has 1 rings (SSSR count). The first kappa shape index (κ1) is 11.3. The Morgan fingerprint density at radius 3 is 2.36 bits per heavy atom. The van der Waals surface area contributed by atoms with Gasteiger partial charge in [-0.15, -0.1) is 0 Å². The summed E-state index contributed by atoms with van der Waals surface area (Å²) in [4.78, 5) is 0. The highest BCUT2D eigenvalue weighted by Crippen LogP contribution is 2.23. The van der Waals surface area contributed by atoms with Gasteiger partial charge in [0.15, 0.2) is 0 Å². The van der Waals surface area contributed by atoms with Crippen LogP contribution in [0.1, 0.15) is 25.5 Å². The lowest BCUT2D eigenvalue weighted by Crippen LogP contribution is -2.06. The van der Waals surface area contributed by atoms with Gasteiger partial charge in [0.05, 0.1) is 6.10 Å². The second-order valence-corrected chi connectivity index (χ2v) is 3.82. The normalized spacial score (nSPS) is 15.7. The maximum atomic E-state index is 9.92. The first-order valence-corrected chi connectivity index (χ1v) is 5.09. The summed E-state index contributed by atoms with van der Waals surface area (Å²) >= 11 is 5.76. The van der Waals surface area contributed by atoms with Gasteiger partial charge in [-0.2, -0.15) is 0 Å². The Morgan fingerprint density at radius 1 is 1.29 bits per heavy atom. The topological polar surface area (TPSA) is 20.2 Å². The molecule has 1 aromatic carbocycles. The molecule has 0 spiro atoms. The van der Waals surface area contributed by atoms with Gasteiger partial charge < -0.3 is 5.11 Å². The zero-order valence-corrected chi connectivity index (χ0v) is 9.20. The molecule has 0 aliphatic heterocycles. The molecule has 0 aliphatic rings. The fraction of sp³-hybridized carbons (Fsp3) is 0.333. The van der Waals surface area contributed by atoms with E-state index in [0.717, 1.165) is 5.56 Å². The van der Waals surface area contributed by atoms with E-state index in [-0.39, 0.29) is 5.92 Å². The molecule has 0 aliphatic carbocycles. The number of halogens is 1. The van der Waals surface area contributed by atoms with Gasteiger partial charge in [0.25, 0.3) is 0 Å². The maximum absolute atomic E-state index is 9.92. The fourth-order valence-electron chi connectivity index (χ4n) is 1.37. The van der Waals surface area contributed by atoms with E-state index in [4.69, 9.17) is 11.6 Å². The molecular formula is C12H15ClO. The van der Waals surface area contributed by atoms with E-state index in [9.17, 15) is 5.11 Å². The number of benzene rings is 1. The minimum atomic E-state index is -0.455. The summed E-state index contributed by atoms with van der Waals surface area (Å²) in [5.41, 5.74) is 0.903. The van der Waals surface area contributed by atoms with E-state index >= 15 is 0 Å². The van der Waals surface area contributed by atoms with Gasteiger partial charge in [0.2, 0.25) is 0 Å². The van der Waals surface area contributed by atoms with E-state index in [1.807, 2.05) is 38.1 Å². The Kier molecular flexibility index (Phi) is 4.18. The summed E-state index contributed by atoms with van der Waals surface area (Å²) in [6.45, 7) is 3.93. The minimum absolute atomic E-state index is 0.126. The lowest BCUT2D eigenvalue weighted by molar-refractivity contribution is 0.139. The van der Waals surface area contributed by atoms with Crippen LogP contribution in [-0.4, -0.2) is 5.11 Å². The summed E-state index contributed by atoms with van der Waals surface area (Å²) in [5.74, 6) is 0.126. The molecule has 0 unspecified atom stereocenters. The number of aliphatic hydroxyl groups is 1. The summed E-state index contributed by atoms with van der Waals surface area (Å²) in [5, 5.41) is 10.6. The predicted octanol–water partition coefficient (Wildman–Crippen LogP) is 3.59. The third-order valence-corrected chi connectivity index (χ3v) is 2.46. The lowest BCUT2D eigenvalue weighted by Gasteiger charge is -2.15. The molecule has 1 N–H and O–H groups in total. The van der Waals surface area contributed by atoms with Gasteiger partial charge in [0, 0.05) is 10.9 Å². The second kappa shape index (κ2) is 5.18. The van der Waals surface area contributed by atoms with Crippen molar-refractivity contribution in [2.75, 3.05) is 0 Å². The molecule has 1 aromatic rings. The first-order chi connectivity index (χ1) is 6.65. The van der Waals surface area contributed by atoms with Gasteiger partial charge in [-0.1, -0.05) is 42.8 Å². The van der Waals surface area contributed by atoms with Crippen LogP contribution < -0.4 is 0 Å². The Hall–Kier alpha value is -0.790. The molecule has 2 heteroatoms. The monoisotopic (exact) mass is 210 g/mol. The summed E-state index contributed by atoms with van der Waals surface area (Å²) in [6.07, 6.45) is 3.48. The summed E-state index contributed by atoms with van der Waals surface area (Å²) < 4.78 is 0. The smallest absolute Gasteiger partial charge is 0.0849 e. The molecule has 0 fully saturated rings. The van der Waals surface area contributed by atoms with Crippen LogP contribution >= 0.6 is 11.6 Å². The van der Waals surface area contributed by atoms with Gasteiger partial charge >= 0.3 is 0 Å². The van der Waals surface area contributed by atoms with Crippen LogP contribution in [0.25, 0.3) is 0 Å². The van der Waals surface area contributed by atoms with E-state index in [0.29, 0.717) is 5.02 Å². The number of hydrogen-bond donors (Lipinski definition) is 1. The predicted molar refractivity (Wildman–Crippen MR) is 60.4 cm³/mol.